The van der Waals surface area contributed by atoms with Gasteiger partial charge in [-0.25, -0.2) is 4.98 Å². The van der Waals surface area contributed by atoms with Gasteiger partial charge in [-0.3, -0.25) is 0 Å². The van der Waals surface area contributed by atoms with Crippen LogP contribution < -0.4 is 5.32 Å². The number of nitrogens with zero attached hydrogens (tertiary/aromatic N) is 1. The molecule has 0 fully saturated rings. The van der Waals surface area contributed by atoms with Crippen LogP contribution in [0.2, 0.25) is 0 Å². The number of unbranched alkanes of at least 4 members (excludes halogenated alkanes) is 1. The molecule has 0 amide bonds. The Balaban J connectivity index is 2.08. The van der Waals surface area contributed by atoms with E-state index in [1.165, 1.54) is 0 Å². The quantitative estimate of drug-likeness (QED) is 0.548. The highest BCUT2D eigenvalue weighted by atomic mass is 16.2. The van der Waals surface area contributed by atoms with Crippen molar-refractivity contribution in [2.45, 2.75) is 12.8 Å². The third-order valence-corrected chi connectivity index (χ3v) is 3.47. The molecule has 0 saturated heterocycles. The second-order valence-corrected chi connectivity index (χ2v) is 4.88. The third-order valence-electron chi connectivity index (χ3n) is 3.47. The Hall–Kier alpha value is -2.13. The van der Waals surface area contributed by atoms with Gasteiger partial charge >= 0.3 is 0 Å². The summed E-state index contributed by atoms with van der Waals surface area (Å²) in [6.07, 6.45) is 1.79. The summed E-state index contributed by atoms with van der Waals surface area (Å²) in [5.41, 5.74) is 3.16. The number of aromatic nitrogens is 1. The Bertz CT molecular complexity index is 670. The van der Waals surface area contributed by atoms with Gasteiger partial charge in [0.25, 0.3) is 0 Å². The zero-order valence-electron chi connectivity index (χ0n) is 11.3. The largest absolute Gasteiger partial charge is 0.396 e. The minimum absolute atomic E-state index is 0.250. The maximum Gasteiger partial charge on any atom is 0.0730 e. The molecule has 102 valence electrons. The van der Waals surface area contributed by atoms with Crippen LogP contribution in [0.5, 0.6) is 0 Å². The zero-order valence-corrected chi connectivity index (χ0v) is 11.3. The number of hydrogen-bond donors (Lipinski definition) is 2. The van der Waals surface area contributed by atoms with Crippen LogP contribution in [0, 0.1) is 0 Å². The topological polar surface area (TPSA) is 45.1 Å². The number of para-hydroxylation sites is 2. The summed E-state index contributed by atoms with van der Waals surface area (Å²) < 4.78 is 0. The maximum atomic E-state index is 8.87. The van der Waals surface area contributed by atoms with Crippen LogP contribution >= 0.6 is 0 Å². The summed E-state index contributed by atoms with van der Waals surface area (Å²) in [5, 5.41) is 14.7. The molecule has 3 heteroatoms. The predicted octanol–water partition coefficient (Wildman–Crippen LogP) is 3.57. The molecule has 0 bridgehead atoms. The molecule has 0 atom stereocenters. The van der Waals surface area contributed by atoms with Gasteiger partial charge in [0.15, 0.2) is 0 Å². The van der Waals surface area contributed by atoms with E-state index in [4.69, 9.17) is 10.1 Å². The highest BCUT2D eigenvalue weighted by molar-refractivity contribution is 6.07. The molecule has 20 heavy (non-hydrogen) atoms. The van der Waals surface area contributed by atoms with Crippen molar-refractivity contribution < 1.29 is 5.11 Å². The molecule has 2 aromatic carbocycles. The highest BCUT2D eigenvalue weighted by Gasteiger charge is 2.07. The molecule has 0 aliphatic heterocycles. The average molecular weight is 266 g/mol. The maximum absolute atomic E-state index is 8.87. The lowest BCUT2D eigenvalue weighted by Crippen LogP contribution is -2.04. The van der Waals surface area contributed by atoms with E-state index in [9.17, 15) is 0 Å². The van der Waals surface area contributed by atoms with Crippen molar-refractivity contribution in [2.24, 2.45) is 0 Å². The first-order valence-electron chi connectivity index (χ1n) is 7.02. The van der Waals surface area contributed by atoms with Crippen molar-refractivity contribution in [1.29, 1.82) is 0 Å². The smallest absolute Gasteiger partial charge is 0.0730 e. The fourth-order valence-corrected chi connectivity index (χ4v) is 2.48. The highest BCUT2D eigenvalue weighted by Crippen LogP contribution is 2.30. The van der Waals surface area contributed by atoms with Gasteiger partial charge in [0.2, 0.25) is 0 Å². The Labute approximate surface area is 118 Å². The van der Waals surface area contributed by atoms with Gasteiger partial charge < -0.3 is 10.4 Å². The second-order valence-electron chi connectivity index (χ2n) is 4.88. The van der Waals surface area contributed by atoms with E-state index in [1.54, 1.807) is 0 Å². The van der Waals surface area contributed by atoms with Crippen molar-refractivity contribution in [3.05, 3.63) is 48.5 Å². The molecule has 2 N–H and O–H groups in total. The molecular formula is C17H18N2O. The van der Waals surface area contributed by atoms with E-state index in [0.29, 0.717) is 0 Å². The normalized spacial score (nSPS) is 11.1. The van der Waals surface area contributed by atoms with Crippen molar-refractivity contribution in [3.63, 3.8) is 0 Å². The van der Waals surface area contributed by atoms with Crippen LogP contribution in [0.3, 0.4) is 0 Å². The van der Waals surface area contributed by atoms with Crippen molar-refractivity contribution in [2.75, 3.05) is 18.5 Å². The number of aliphatic hydroxyl groups excluding tert-OH is 1. The second kappa shape index (κ2) is 5.88. The Morgan fingerprint density at radius 3 is 2.05 bits per heavy atom. The SMILES string of the molecule is OCCCCNc1c2ccccc2nc2ccccc12. The number of hydrogen-bond acceptors (Lipinski definition) is 3. The molecule has 1 heterocycles. The minimum atomic E-state index is 0.250. The summed E-state index contributed by atoms with van der Waals surface area (Å²) in [6.45, 7) is 1.11. The van der Waals surface area contributed by atoms with E-state index in [2.05, 4.69) is 17.4 Å². The molecule has 3 rings (SSSR count). The average Bonchev–Trinajstić information content (AvgIpc) is 2.50. The fourth-order valence-electron chi connectivity index (χ4n) is 2.48. The standard InChI is InChI=1S/C17H18N2O/c20-12-6-5-11-18-17-13-7-1-3-9-15(13)19-16-10-4-2-8-14(16)17/h1-4,7-10,20H,5-6,11-12H2,(H,18,19). The van der Waals surface area contributed by atoms with Crippen molar-refractivity contribution in [3.8, 4) is 0 Å². The summed E-state index contributed by atoms with van der Waals surface area (Å²) in [6, 6.07) is 16.4. The molecule has 0 radical (unpaired) electrons. The van der Waals surface area contributed by atoms with Crippen molar-refractivity contribution in [1.82, 2.24) is 4.98 Å². The first kappa shape index (κ1) is 12.9. The Morgan fingerprint density at radius 2 is 1.45 bits per heavy atom. The monoisotopic (exact) mass is 266 g/mol. The number of rotatable bonds is 5. The lowest BCUT2D eigenvalue weighted by atomic mass is 10.1. The van der Waals surface area contributed by atoms with Gasteiger partial charge in [-0.1, -0.05) is 36.4 Å². The fraction of sp³-hybridized carbons (Fsp3) is 0.235. The van der Waals surface area contributed by atoms with E-state index in [0.717, 1.165) is 46.9 Å². The first-order chi connectivity index (χ1) is 9.90. The molecule has 3 nitrogen and oxygen atoms in total. The van der Waals surface area contributed by atoms with E-state index in [1.807, 2.05) is 36.4 Å². The number of benzene rings is 2. The molecule has 0 spiro atoms. The minimum Gasteiger partial charge on any atom is -0.396 e. The molecular weight excluding hydrogens is 248 g/mol. The molecule has 3 aromatic rings. The number of nitrogens with one attached hydrogen (secondary N) is 1. The summed E-state index contributed by atoms with van der Waals surface area (Å²) in [7, 11) is 0. The molecule has 0 unspecified atom stereocenters. The van der Waals surface area contributed by atoms with Crippen LogP contribution in [0.4, 0.5) is 5.69 Å². The summed E-state index contributed by atoms with van der Waals surface area (Å²) >= 11 is 0. The number of pyridine rings is 1. The van der Waals surface area contributed by atoms with Crippen molar-refractivity contribution >= 4 is 27.5 Å². The van der Waals surface area contributed by atoms with E-state index in [-0.39, 0.29) is 6.61 Å². The van der Waals surface area contributed by atoms with E-state index < -0.39 is 0 Å². The van der Waals surface area contributed by atoms with Gasteiger partial charge in [0, 0.05) is 23.9 Å². The van der Waals surface area contributed by atoms with E-state index >= 15 is 0 Å². The summed E-state index contributed by atoms with van der Waals surface area (Å²) in [4.78, 5) is 4.70. The predicted molar refractivity (Wildman–Crippen MR) is 84.1 cm³/mol. The lowest BCUT2D eigenvalue weighted by molar-refractivity contribution is 0.286. The zero-order chi connectivity index (χ0) is 13.8. The van der Waals surface area contributed by atoms with Gasteiger partial charge in [-0.2, -0.15) is 0 Å². The Morgan fingerprint density at radius 1 is 0.850 bits per heavy atom. The van der Waals surface area contributed by atoms with Gasteiger partial charge in [0.05, 0.1) is 16.7 Å². The van der Waals surface area contributed by atoms with Gasteiger partial charge in [0.1, 0.15) is 0 Å². The number of anilines is 1. The number of aliphatic hydroxyl groups is 1. The summed E-state index contributed by atoms with van der Waals surface area (Å²) in [5.74, 6) is 0. The van der Waals surface area contributed by atoms with Gasteiger partial charge in [-0.15, -0.1) is 0 Å². The van der Waals surface area contributed by atoms with Crippen LogP contribution in [0.25, 0.3) is 21.8 Å². The van der Waals surface area contributed by atoms with Crippen LogP contribution in [0.15, 0.2) is 48.5 Å². The molecule has 0 aliphatic carbocycles. The molecule has 0 aliphatic rings. The van der Waals surface area contributed by atoms with Crippen LogP contribution in [-0.2, 0) is 0 Å². The van der Waals surface area contributed by atoms with Crippen LogP contribution in [-0.4, -0.2) is 23.2 Å². The van der Waals surface area contributed by atoms with Crippen LogP contribution in [0.1, 0.15) is 12.8 Å². The third kappa shape index (κ3) is 2.45. The van der Waals surface area contributed by atoms with Gasteiger partial charge in [-0.05, 0) is 25.0 Å². The molecule has 0 saturated carbocycles. The molecule has 1 aromatic heterocycles. The Kier molecular flexibility index (Phi) is 3.79. The number of fused-ring (bicyclic) bond motifs is 2. The first-order valence-corrected chi connectivity index (χ1v) is 7.02. The lowest BCUT2D eigenvalue weighted by Gasteiger charge is -2.12.